The van der Waals surface area contributed by atoms with E-state index in [-0.39, 0.29) is 0 Å². The minimum atomic E-state index is 0.703. The van der Waals surface area contributed by atoms with Crippen molar-refractivity contribution in [2.75, 3.05) is 25.6 Å². The van der Waals surface area contributed by atoms with Crippen LogP contribution >= 0.6 is 11.3 Å². The lowest BCUT2D eigenvalue weighted by molar-refractivity contribution is 0.211. The summed E-state index contributed by atoms with van der Waals surface area (Å²) in [5, 5.41) is 4.37. The van der Waals surface area contributed by atoms with E-state index in [0.717, 1.165) is 18.3 Å². The molecule has 3 nitrogen and oxygen atoms in total. The molecule has 0 fully saturated rings. The summed E-state index contributed by atoms with van der Waals surface area (Å²) in [6, 6.07) is 0. The molecular weight excluding hydrogens is 208 g/mol. The molecule has 1 heterocycles. The number of rotatable bonds is 5. The highest BCUT2D eigenvalue weighted by Crippen LogP contribution is 2.39. The van der Waals surface area contributed by atoms with Gasteiger partial charge < -0.3 is 10.1 Å². The topological polar surface area (TPSA) is 34.1 Å². The van der Waals surface area contributed by atoms with Crippen molar-refractivity contribution >= 4 is 16.5 Å². The Labute approximate surface area is 94.9 Å². The number of hydrogen-bond donors (Lipinski definition) is 1. The number of aromatic nitrogens is 1. The van der Waals surface area contributed by atoms with Gasteiger partial charge in [0.2, 0.25) is 0 Å². The van der Waals surface area contributed by atoms with E-state index in [4.69, 9.17) is 4.74 Å². The smallest absolute Gasteiger partial charge is 0.183 e. The summed E-state index contributed by atoms with van der Waals surface area (Å²) in [6.07, 6.45) is 3.73. The first-order chi connectivity index (χ1) is 7.35. The number of fused-ring (bicyclic) bond motifs is 1. The van der Waals surface area contributed by atoms with Crippen molar-refractivity contribution in [2.24, 2.45) is 0 Å². The Balaban J connectivity index is 1.98. The van der Waals surface area contributed by atoms with Gasteiger partial charge in [-0.25, -0.2) is 4.98 Å². The summed E-state index contributed by atoms with van der Waals surface area (Å²) in [6.45, 7) is 3.83. The van der Waals surface area contributed by atoms with Crippen LogP contribution in [0.3, 0.4) is 0 Å². The van der Waals surface area contributed by atoms with Gasteiger partial charge in [-0.15, -0.1) is 11.3 Å². The number of hydrogen-bond acceptors (Lipinski definition) is 4. The Kier molecular flexibility index (Phi) is 3.59. The molecule has 0 radical (unpaired) electrons. The minimum absolute atomic E-state index is 0.703. The van der Waals surface area contributed by atoms with E-state index >= 15 is 0 Å². The lowest BCUT2D eigenvalue weighted by Gasteiger charge is -2.04. The lowest BCUT2D eigenvalue weighted by Crippen LogP contribution is -2.07. The summed E-state index contributed by atoms with van der Waals surface area (Å²) in [7, 11) is 1.72. The molecule has 0 spiro atoms. The van der Waals surface area contributed by atoms with Crippen molar-refractivity contribution in [2.45, 2.75) is 32.1 Å². The van der Waals surface area contributed by atoms with Crippen molar-refractivity contribution in [3.05, 3.63) is 10.6 Å². The van der Waals surface area contributed by atoms with Crippen LogP contribution in [0.4, 0.5) is 5.13 Å². The highest BCUT2D eigenvalue weighted by Gasteiger charge is 2.25. The summed E-state index contributed by atoms with van der Waals surface area (Å²) < 4.78 is 5.00. The van der Waals surface area contributed by atoms with Gasteiger partial charge in [0.05, 0.1) is 12.3 Å². The van der Waals surface area contributed by atoms with Crippen LogP contribution in [0.5, 0.6) is 0 Å². The van der Waals surface area contributed by atoms with Crippen molar-refractivity contribution < 1.29 is 4.74 Å². The molecule has 1 atom stereocenters. The zero-order chi connectivity index (χ0) is 10.7. The van der Waals surface area contributed by atoms with E-state index in [1.165, 1.54) is 29.8 Å². The summed E-state index contributed by atoms with van der Waals surface area (Å²) in [4.78, 5) is 6.15. The highest BCUT2D eigenvalue weighted by molar-refractivity contribution is 7.15. The molecule has 0 aromatic carbocycles. The number of anilines is 1. The van der Waals surface area contributed by atoms with Crippen molar-refractivity contribution in [3.8, 4) is 0 Å². The van der Waals surface area contributed by atoms with Gasteiger partial charge in [-0.3, -0.25) is 0 Å². The maximum absolute atomic E-state index is 5.00. The maximum atomic E-state index is 5.00. The molecule has 15 heavy (non-hydrogen) atoms. The third kappa shape index (κ3) is 2.32. The molecule has 0 saturated carbocycles. The number of nitrogens with one attached hydrogen (secondary N) is 1. The van der Waals surface area contributed by atoms with Crippen molar-refractivity contribution in [1.82, 2.24) is 4.98 Å². The predicted octanol–water partition coefficient (Wildman–Crippen LogP) is 2.64. The Hall–Kier alpha value is -0.610. The second-order valence-corrected chi connectivity index (χ2v) is 4.97. The van der Waals surface area contributed by atoms with Gasteiger partial charge in [-0.2, -0.15) is 0 Å². The Bertz CT molecular complexity index is 324. The number of methoxy groups -OCH3 is 1. The molecule has 2 rings (SSSR count). The normalized spacial score (nSPS) is 19.2. The maximum Gasteiger partial charge on any atom is 0.183 e. The van der Waals surface area contributed by atoms with Crippen LogP contribution in [0.25, 0.3) is 0 Å². The molecule has 1 aromatic heterocycles. The first-order valence-electron chi connectivity index (χ1n) is 5.57. The predicted molar refractivity (Wildman–Crippen MR) is 63.8 cm³/mol. The highest BCUT2D eigenvalue weighted by atomic mass is 32.1. The van der Waals surface area contributed by atoms with Gasteiger partial charge in [0.15, 0.2) is 5.13 Å². The minimum Gasteiger partial charge on any atom is -0.383 e. The van der Waals surface area contributed by atoms with Crippen LogP contribution < -0.4 is 5.32 Å². The summed E-state index contributed by atoms with van der Waals surface area (Å²) in [5.41, 5.74) is 1.35. The number of nitrogens with zero attached hydrogens (tertiary/aromatic N) is 1. The zero-order valence-corrected chi connectivity index (χ0v) is 10.2. The Morgan fingerprint density at radius 2 is 2.47 bits per heavy atom. The van der Waals surface area contributed by atoms with Gasteiger partial charge in [-0.1, -0.05) is 6.92 Å². The van der Waals surface area contributed by atoms with Crippen molar-refractivity contribution in [3.63, 3.8) is 0 Å². The van der Waals surface area contributed by atoms with Gasteiger partial charge in [0.1, 0.15) is 0 Å². The first-order valence-corrected chi connectivity index (χ1v) is 6.39. The second kappa shape index (κ2) is 4.94. The van der Waals surface area contributed by atoms with E-state index in [1.807, 2.05) is 11.3 Å². The van der Waals surface area contributed by atoms with Crippen LogP contribution in [0.1, 0.15) is 36.3 Å². The molecular formula is C11H18N2OS. The molecule has 1 unspecified atom stereocenters. The molecule has 0 saturated heterocycles. The third-order valence-corrected chi connectivity index (χ3v) is 4.00. The number of aryl methyl sites for hydroxylation is 1. The quantitative estimate of drug-likeness (QED) is 0.784. The largest absolute Gasteiger partial charge is 0.383 e. The molecule has 4 heteroatoms. The van der Waals surface area contributed by atoms with E-state index < -0.39 is 0 Å². The molecule has 1 aliphatic rings. The zero-order valence-electron chi connectivity index (χ0n) is 9.38. The molecule has 1 aliphatic carbocycles. The fourth-order valence-electron chi connectivity index (χ4n) is 2.04. The van der Waals surface area contributed by atoms with E-state index in [9.17, 15) is 0 Å². The third-order valence-electron chi connectivity index (χ3n) is 2.91. The number of ether oxygens (including phenoxy) is 1. The molecule has 1 N–H and O–H groups in total. The summed E-state index contributed by atoms with van der Waals surface area (Å²) >= 11 is 1.81. The molecule has 0 aliphatic heterocycles. The molecule has 84 valence electrons. The monoisotopic (exact) mass is 226 g/mol. The van der Waals surface area contributed by atoms with Crippen molar-refractivity contribution in [1.29, 1.82) is 0 Å². The second-order valence-electron chi connectivity index (χ2n) is 3.89. The van der Waals surface area contributed by atoms with Crippen LogP contribution in [-0.4, -0.2) is 25.2 Å². The molecule has 1 aromatic rings. The lowest BCUT2D eigenvalue weighted by atomic mass is 10.1. The van der Waals surface area contributed by atoms with E-state index in [2.05, 4.69) is 17.2 Å². The Morgan fingerprint density at radius 3 is 3.20 bits per heavy atom. The van der Waals surface area contributed by atoms with E-state index in [1.54, 1.807) is 7.11 Å². The summed E-state index contributed by atoms with van der Waals surface area (Å²) in [5.74, 6) is 0.703. The average molecular weight is 226 g/mol. The molecule has 0 bridgehead atoms. The number of thiazole rings is 1. The van der Waals surface area contributed by atoms with E-state index in [0.29, 0.717) is 5.92 Å². The first kappa shape index (κ1) is 10.9. The van der Waals surface area contributed by atoms with Gasteiger partial charge in [0, 0.05) is 24.4 Å². The van der Waals surface area contributed by atoms with Crippen LogP contribution in [-0.2, 0) is 11.2 Å². The standard InChI is InChI=1S/C11H18N2OS/c1-3-8-4-5-9-10(8)13-11(15-9)12-6-7-14-2/h8H,3-7H2,1-2H3,(H,12,13). The van der Waals surface area contributed by atoms with Crippen LogP contribution in [0.15, 0.2) is 0 Å². The van der Waals surface area contributed by atoms with Crippen LogP contribution in [0, 0.1) is 0 Å². The SMILES string of the molecule is CCC1CCc2sc(NCCOC)nc21. The Morgan fingerprint density at radius 1 is 1.60 bits per heavy atom. The average Bonchev–Trinajstić information content (AvgIpc) is 2.77. The van der Waals surface area contributed by atoms with Gasteiger partial charge in [-0.05, 0) is 19.3 Å². The van der Waals surface area contributed by atoms with Crippen LogP contribution in [0.2, 0.25) is 0 Å². The van der Waals surface area contributed by atoms with Gasteiger partial charge in [0.25, 0.3) is 0 Å². The van der Waals surface area contributed by atoms with Gasteiger partial charge >= 0.3 is 0 Å². The fraction of sp³-hybridized carbons (Fsp3) is 0.727. The fourth-order valence-corrected chi connectivity index (χ4v) is 3.13. The molecule has 0 amide bonds.